The van der Waals surface area contributed by atoms with Gasteiger partial charge in [-0.1, -0.05) is 31.0 Å². The maximum absolute atomic E-state index is 13.7. The highest BCUT2D eigenvalue weighted by atomic mass is 32.2. The minimum atomic E-state index is -5.66. The summed E-state index contributed by atoms with van der Waals surface area (Å²) >= 11 is 0. The summed E-state index contributed by atoms with van der Waals surface area (Å²) in [6.45, 7) is 1.94. The van der Waals surface area contributed by atoms with Crippen LogP contribution < -0.4 is 0 Å². The van der Waals surface area contributed by atoms with Gasteiger partial charge in [-0.3, -0.25) is 0 Å². The van der Waals surface area contributed by atoms with Crippen LogP contribution in [-0.2, 0) is 16.3 Å². The van der Waals surface area contributed by atoms with Crippen molar-refractivity contribution in [3.05, 3.63) is 65.0 Å². The predicted molar refractivity (Wildman–Crippen MR) is 170 cm³/mol. The van der Waals surface area contributed by atoms with Crippen LogP contribution in [0.15, 0.2) is 42.5 Å². The van der Waals surface area contributed by atoms with Crippen molar-refractivity contribution in [1.29, 1.82) is 0 Å². The van der Waals surface area contributed by atoms with Gasteiger partial charge in [0.05, 0.1) is 11.5 Å². The Hall–Kier alpha value is -2.53. The second-order valence-corrected chi connectivity index (χ2v) is 15.1. The molecule has 1 aliphatic carbocycles. The molecule has 11 heteroatoms. The summed E-state index contributed by atoms with van der Waals surface area (Å²) in [6, 6.07) is 12.6. The maximum Gasteiger partial charge on any atom is 0.453 e. The predicted octanol–water partition coefficient (Wildman–Crippen LogP) is 9.37. The van der Waals surface area contributed by atoms with Crippen LogP contribution >= 0.6 is 0 Å². The van der Waals surface area contributed by atoms with Crippen LogP contribution in [0.2, 0.25) is 0 Å². The number of rotatable bonds is 16. The van der Waals surface area contributed by atoms with Gasteiger partial charge in [0.15, 0.2) is 0 Å². The molecule has 1 heterocycles. The highest BCUT2D eigenvalue weighted by Gasteiger charge is 2.56. The molecule has 4 nitrogen and oxygen atoms in total. The highest BCUT2D eigenvalue weighted by molar-refractivity contribution is 7.91. The van der Waals surface area contributed by atoms with Gasteiger partial charge in [0.2, 0.25) is 0 Å². The molecule has 0 radical (unpaired) electrons. The molecule has 2 aromatic rings. The van der Waals surface area contributed by atoms with Gasteiger partial charge in [-0.05, 0) is 136 Å². The number of phenols is 1. The zero-order valence-corrected chi connectivity index (χ0v) is 27.1. The lowest BCUT2D eigenvalue weighted by Crippen LogP contribution is -2.36. The average molecular weight is 674 g/mol. The Bertz CT molecular complexity index is 1420. The molecule has 256 valence electrons. The lowest BCUT2D eigenvalue weighted by Gasteiger charge is -2.24. The number of allylic oxidation sites excluding steroid dienone is 2. The van der Waals surface area contributed by atoms with E-state index < -0.39 is 40.5 Å². The SMILES string of the molecule is O=S(=O)(CCCC[C@@H]1CCCN1CCCCCC1=C(c2ccc(F)cc2)CCCc2cc(O)ccc21)CCCC(F)(F)C(F)(F)F. The molecular weight excluding hydrogens is 628 g/mol. The molecule has 2 aliphatic rings. The Morgan fingerprint density at radius 3 is 2.33 bits per heavy atom. The van der Waals surface area contributed by atoms with E-state index in [1.54, 1.807) is 6.07 Å². The van der Waals surface area contributed by atoms with Crippen LogP contribution in [0.3, 0.4) is 0 Å². The smallest absolute Gasteiger partial charge is 0.453 e. The van der Waals surface area contributed by atoms with Gasteiger partial charge in [-0.2, -0.15) is 22.0 Å². The van der Waals surface area contributed by atoms with E-state index >= 15 is 0 Å². The number of aromatic hydroxyl groups is 1. The van der Waals surface area contributed by atoms with E-state index in [1.807, 2.05) is 24.3 Å². The molecule has 0 spiro atoms. The van der Waals surface area contributed by atoms with Crippen molar-refractivity contribution in [2.24, 2.45) is 0 Å². The molecule has 0 bridgehead atoms. The second kappa shape index (κ2) is 16.0. The van der Waals surface area contributed by atoms with Crippen LogP contribution in [0, 0.1) is 5.82 Å². The summed E-state index contributed by atoms with van der Waals surface area (Å²) in [6.07, 6.45) is 2.73. The Balaban J connectivity index is 1.22. The van der Waals surface area contributed by atoms with E-state index in [2.05, 4.69) is 4.90 Å². The van der Waals surface area contributed by atoms with Crippen LogP contribution in [-0.4, -0.2) is 61.2 Å². The van der Waals surface area contributed by atoms with Crippen molar-refractivity contribution in [2.45, 2.75) is 108 Å². The standard InChI is InChI=1S/C35H45F6NO3S/c36-28-16-14-26(15-17-28)31-13-6-9-27-25-30(43)18-19-32(27)33(31)12-2-1-4-21-42-22-7-11-29(42)10-3-5-23-46(44,45)24-8-20-34(37,38)35(39,40)41/h14-19,25,29,43H,1-13,20-24H2/t29-/m1/s1. The van der Waals surface area contributed by atoms with E-state index in [1.165, 1.54) is 23.3 Å². The molecule has 0 saturated carbocycles. The largest absolute Gasteiger partial charge is 0.508 e. The molecule has 0 unspecified atom stereocenters. The number of halogens is 6. The Morgan fingerprint density at radius 1 is 0.848 bits per heavy atom. The van der Waals surface area contributed by atoms with Crippen LogP contribution in [0.4, 0.5) is 26.3 Å². The number of phenolic OH excluding ortho intramolecular Hbond substituents is 1. The molecule has 1 aliphatic heterocycles. The number of hydrogen-bond acceptors (Lipinski definition) is 4. The number of alkyl halides is 5. The van der Waals surface area contributed by atoms with Gasteiger partial charge in [0, 0.05) is 12.5 Å². The first kappa shape index (κ1) is 36.3. The summed E-state index contributed by atoms with van der Waals surface area (Å²) in [5.74, 6) is -5.73. The lowest BCUT2D eigenvalue weighted by atomic mass is 9.89. The van der Waals surface area contributed by atoms with Crippen molar-refractivity contribution in [2.75, 3.05) is 24.6 Å². The zero-order valence-electron chi connectivity index (χ0n) is 26.2. The van der Waals surface area contributed by atoms with E-state index in [9.17, 15) is 39.9 Å². The molecule has 2 aromatic carbocycles. The minimum Gasteiger partial charge on any atom is -0.508 e. The average Bonchev–Trinajstić information content (AvgIpc) is 3.35. The number of aryl methyl sites for hydroxylation is 1. The molecule has 1 atom stereocenters. The monoisotopic (exact) mass is 673 g/mol. The summed E-state index contributed by atoms with van der Waals surface area (Å²) in [5, 5.41) is 10.1. The number of unbranched alkanes of at least 4 members (excludes halogenated alkanes) is 3. The van der Waals surface area contributed by atoms with E-state index in [0.717, 1.165) is 94.0 Å². The second-order valence-electron chi connectivity index (χ2n) is 12.8. The molecule has 0 amide bonds. The first-order valence-corrected chi connectivity index (χ1v) is 18.3. The zero-order chi connectivity index (χ0) is 33.4. The van der Waals surface area contributed by atoms with Gasteiger partial charge in [0.1, 0.15) is 21.4 Å². The fourth-order valence-electron chi connectivity index (χ4n) is 6.88. The topological polar surface area (TPSA) is 57.6 Å². The summed E-state index contributed by atoms with van der Waals surface area (Å²) in [5.41, 5.74) is 5.85. The highest BCUT2D eigenvalue weighted by Crippen LogP contribution is 2.40. The van der Waals surface area contributed by atoms with Gasteiger partial charge < -0.3 is 10.0 Å². The van der Waals surface area contributed by atoms with Gasteiger partial charge in [-0.15, -0.1) is 0 Å². The van der Waals surface area contributed by atoms with Crippen molar-refractivity contribution in [3.63, 3.8) is 0 Å². The van der Waals surface area contributed by atoms with E-state index in [4.69, 9.17) is 0 Å². The Kier molecular flexibility index (Phi) is 12.7. The maximum atomic E-state index is 13.7. The number of nitrogens with zero attached hydrogens (tertiary/aromatic N) is 1. The van der Waals surface area contributed by atoms with Crippen LogP contribution in [0.1, 0.15) is 100 Å². The summed E-state index contributed by atoms with van der Waals surface area (Å²) in [4.78, 5) is 2.46. The first-order valence-electron chi connectivity index (χ1n) is 16.4. The molecule has 1 N–H and O–H groups in total. The van der Waals surface area contributed by atoms with Gasteiger partial charge >= 0.3 is 12.1 Å². The molecule has 1 saturated heterocycles. The fraction of sp³-hybridized carbons (Fsp3) is 0.600. The van der Waals surface area contributed by atoms with Crippen molar-refractivity contribution in [1.82, 2.24) is 4.90 Å². The van der Waals surface area contributed by atoms with Gasteiger partial charge in [0.25, 0.3) is 0 Å². The molecule has 1 fully saturated rings. The fourth-order valence-corrected chi connectivity index (χ4v) is 8.31. The number of hydrogen-bond donors (Lipinski definition) is 1. The number of likely N-dealkylation sites (tertiary alicyclic amines) is 1. The normalized spacial score (nSPS) is 18.2. The third-order valence-electron chi connectivity index (χ3n) is 9.32. The van der Waals surface area contributed by atoms with Crippen molar-refractivity contribution >= 4 is 21.0 Å². The number of benzene rings is 2. The summed E-state index contributed by atoms with van der Waals surface area (Å²) in [7, 11) is -3.68. The minimum absolute atomic E-state index is 0.199. The summed E-state index contributed by atoms with van der Waals surface area (Å²) < 4.78 is 101. The van der Waals surface area contributed by atoms with E-state index in [0.29, 0.717) is 18.9 Å². The van der Waals surface area contributed by atoms with Crippen LogP contribution in [0.5, 0.6) is 5.75 Å². The molecular formula is C35H45F6NO3S. The van der Waals surface area contributed by atoms with E-state index in [-0.39, 0.29) is 17.3 Å². The third-order valence-corrected chi connectivity index (χ3v) is 11.1. The third kappa shape index (κ3) is 10.2. The quantitative estimate of drug-likeness (QED) is 0.143. The number of fused-ring (bicyclic) bond motifs is 1. The number of sulfone groups is 1. The first-order chi connectivity index (χ1) is 21.8. The Labute approximate surface area is 268 Å². The molecule has 46 heavy (non-hydrogen) atoms. The molecule has 4 rings (SSSR count). The Morgan fingerprint density at radius 2 is 1.59 bits per heavy atom. The lowest BCUT2D eigenvalue weighted by molar-refractivity contribution is -0.284. The van der Waals surface area contributed by atoms with Crippen molar-refractivity contribution in [3.8, 4) is 5.75 Å². The van der Waals surface area contributed by atoms with Gasteiger partial charge in [-0.25, -0.2) is 12.8 Å². The van der Waals surface area contributed by atoms with Crippen molar-refractivity contribution < 1.29 is 39.9 Å². The van der Waals surface area contributed by atoms with Crippen LogP contribution in [0.25, 0.3) is 11.1 Å². The molecule has 0 aromatic heterocycles.